The van der Waals surface area contributed by atoms with E-state index in [1.54, 1.807) is 4.90 Å². The second-order valence-corrected chi connectivity index (χ2v) is 8.95. The molecule has 2 heterocycles. The first-order valence-corrected chi connectivity index (χ1v) is 11.7. The Balaban J connectivity index is 1.40. The number of carbonyl (C=O) groups excluding carboxylic acids is 2. The van der Waals surface area contributed by atoms with Crippen molar-refractivity contribution < 1.29 is 9.59 Å². The molecule has 0 radical (unpaired) electrons. The van der Waals surface area contributed by atoms with E-state index in [9.17, 15) is 9.59 Å². The first kappa shape index (κ1) is 21.9. The molecule has 2 aliphatic rings. The summed E-state index contributed by atoms with van der Waals surface area (Å²) in [4.78, 5) is 35.3. The average Bonchev–Trinajstić information content (AvgIpc) is 3.15. The maximum atomic E-state index is 14.0. The largest absolute Gasteiger partial charge is 0.369 e. The molecule has 0 aromatic heterocycles. The zero-order valence-electron chi connectivity index (χ0n) is 19.0. The number of likely N-dealkylation sites (tertiary alicyclic amines) is 1. The van der Waals surface area contributed by atoms with E-state index in [0.717, 1.165) is 30.5 Å². The summed E-state index contributed by atoms with van der Waals surface area (Å²) in [6.45, 7) is 1.75. The van der Waals surface area contributed by atoms with E-state index in [1.807, 2.05) is 95.9 Å². The third-order valence-electron chi connectivity index (χ3n) is 6.76. The number of piperidine rings is 1. The summed E-state index contributed by atoms with van der Waals surface area (Å²) in [5.74, 6) is 0.238. The number of amides is 2. The van der Waals surface area contributed by atoms with Gasteiger partial charge in [0.2, 0.25) is 0 Å². The molecule has 3 aromatic rings. The molecule has 2 N–H and O–H groups in total. The molecule has 1 atom stereocenters. The Morgan fingerprint density at radius 3 is 2.06 bits per heavy atom. The molecule has 0 bridgehead atoms. The normalized spacial score (nSPS) is 19.7. The highest BCUT2D eigenvalue weighted by molar-refractivity contribution is 6.09. The summed E-state index contributed by atoms with van der Waals surface area (Å²) in [6.07, 6.45) is 1.82. The first-order chi connectivity index (χ1) is 16.6. The van der Waals surface area contributed by atoms with Gasteiger partial charge < -0.3 is 10.6 Å². The molecule has 1 fully saturated rings. The Hall–Kier alpha value is -3.93. The Bertz CT molecular complexity index is 1160. The van der Waals surface area contributed by atoms with Crippen molar-refractivity contribution in [1.29, 1.82) is 0 Å². The molecular weight excluding hydrogens is 424 g/mol. The maximum Gasteiger partial charge on any atom is 0.266 e. The van der Waals surface area contributed by atoms with Crippen LogP contribution in [0.5, 0.6) is 0 Å². The average molecular weight is 453 g/mol. The van der Waals surface area contributed by atoms with E-state index in [2.05, 4.69) is 0 Å². The van der Waals surface area contributed by atoms with E-state index in [1.165, 1.54) is 0 Å². The van der Waals surface area contributed by atoms with Crippen molar-refractivity contribution >= 4 is 17.8 Å². The molecule has 172 valence electrons. The fourth-order valence-corrected chi connectivity index (χ4v) is 5.08. The van der Waals surface area contributed by atoms with Crippen LogP contribution in [0.4, 0.5) is 0 Å². The van der Waals surface area contributed by atoms with Gasteiger partial charge in [0.05, 0.1) is 0 Å². The van der Waals surface area contributed by atoms with E-state index in [0.29, 0.717) is 18.7 Å². The highest BCUT2D eigenvalue weighted by atomic mass is 16.2. The van der Waals surface area contributed by atoms with Crippen LogP contribution in [0, 0.1) is 5.92 Å². The molecule has 1 saturated heterocycles. The van der Waals surface area contributed by atoms with E-state index < -0.39 is 5.54 Å². The van der Waals surface area contributed by atoms with Gasteiger partial charge in [-0.25, -0.2) is 4.99 Å². The molecule has 2 aliphatic heterocycles. The molecule has 0 aliphatic carbocycles. The van der Waals surface area contributed by atoms with Crippen molar-refractivity contribution in [3.8, 4) is 0 Å². The Kier molecular flexibility index (Phi) is 5.88. The summed E-state index contributed by atoms with van der Waals surface area (Å²) >= 11 is 0. The van der Waals surface area contributed by atoms with E-state index in [4.69, 9.17) is 10.7 Å². The van der Waals surface area contributed by atoms with Crippen LogP contribution in [0.25, 0.3) is 0 Å². The molecule has 3 aromatic carbocycles. The lowest BCUT2D eigenvalue weighted by atomic mass is 9.82. The first-order valence-electron chi connectivity index (χ1n) is 11.7. The van der Waals surface area contributed by atoms with Crippen molar-refractivity contribution in [2.24, 2.45) is 16.6 Å². The van der Waals surface area contributed by atoms with Crippen molar-refractivity contribution in [3.63, 3.8) is 0 Å². The van der Waals surface area contributed by atoms with Crippen LogP contribution in [-0.4, -0.2) is 47.2 Å². The van der Waals surface area contributed by atoms with Crippen LogP contribution in [0.2, 0.25) is 0 Å². The third kappa shape index (κ3) is 3.85. The minimum atomic E-state index is -1.19. The Morgan fingerprint density at radius 2 is 1.47 bits per heavy atom. The fourth-order valence-electron chi connectivity index (χ4n) is 5.08. The van der Waals surface area contributed by atoms with Crippen molar-refractivity contribution in [2.75, 3.05) is 19.6 Å². The second-order valence-electron chi connectivity index (χ2n) is 8.95. The minimum Gasteiger partial charge on any atom is -0.369 e. The SMILES string of the molecule is NC1=NC(c2ccccc2)(c2ccccc2)C(=O)N1CC1CCCN(C(=O)c2ccccc2)C1. The molecule has 0 spiro atoms. The van der Waals surface area contributed by atoms with E-state index in [-0.39, 0.29) is 23.7 Å². The number of rotatable bonds is 5. The van der Waals surface area contributed by atoms with Crippen LogP contribution in [0.3, 0.4) is 0 Å². The van der Waals surface area contributed by atoms with Gasteiger partial charge >= 0.3 is 0 Å². The molecule has 34 heavy (non-hydrogen) atoms. The zero-order chi connectivity index (χ0) is 23.5. The van der Waals surface area contributed by atoms with Crippen LogP contribution < -0.4 is 5.73 Å². The summed E-state index contributed by atoms with van der Waals surface area (Å²) < 4.78 is 0. The monoisotopic (exact) mass is 452 g/mol. The lowest BCUT2D eigenvalue weighted by Gasteiger charge is -2.35. The highest BCUT2D eigenvalue weighted by Gasteiger charge is 2.51. The predicted molar refractivity (Wildman–Crippen MR) is 132 cm³/mol. The lowest BCUT2D eigenvalue weighted by Crippen LogP contribution is -2.49. The third-order valence-corrected chi connectivity index (χ3v) is 6.76. The topological polar surface area (TPSA) is 79.0 Å². The molecule has 1 unspecified atom stereocenters. The Labute approximate surface area is 199 Å². The predicted octanol–water partition coefficient (Wildman–Crippen LogP) is 3.64. The number of nitrogens with two attached hydrogens (primary N) is 1. The lowest BCUT2D eigenvalue weighted by molar-refractivity contribution is -0.130. The number of benzene rings is 3. The summed E-state index contributed by atoms with van der Waals surface area (Å²) in [5.41, 5.74) is 7.48. The molecular formula is C28H28N4O2. The van der Waals surface area contributed by atoms with Gasteiger partial charge in [-0.3, -0.25) is 14.5 Å². The number of aliphatic imine (C=N–C) groups is 1. The number of nitrogens with zero attached hydrogens (tertiary/aromatic N) is 3. The van der Waals surface area contributed by atoms with E-state index >= 15 is 0 Å². The molecule has 0 saturated carbocycles. The minimum absolute atomic E-state index is 0.0302. The Morgan fingerprint density at radius 1 is 0.912 bits per heavy atom. The number of hydrogen-bond acceptors (Lipinski definition) is 4. The van der Waals surface area contributed by atoms with Crippen LogP contribution in [0.15, 0.2) is 96.0 Å². The highest BCUT2D eigenvalue weighted by Crippen LogP contribution is 2.40. The fraction of sp³-hybridized carbons (Fsp3) is 0.250. The summed E-state index contributed by atoms with van der Waals surface area (Å²) in [5, 5.41) is 0. The van der Waals surface area contributed by atoms with Gasteiger partial charge in [0.15, 0.2) is 11.5 Å². The van der Waals surface area contributed by atoms with Crippen LogP contribution in [-0.2, 0) is 10.3 Å². The van der Waals surface area contributed by atoms with Crippen LogP contribution >= 0.6 is 0 Å². The molecule has 2 amide bonds. The van der Waals surface area contributed by atoms with Crippen molar-refractivity contribution in [3.05, 3.63) is 108 Å². The summed E-state index contributed by atoms with van der Waals surface area (Å²) in [7, 11) is 0. The van der Waals surface area contributed by atoms with Crippen LogP contribution in [0.1, 0.15) is 34.3 Å². The van der Waals surface area contributed by atoms with Gasteiger partial charge in [0, 0.05) is 25.2 Å². The zero-order valence-corrected chi connectivity index (χ0v) is 19.0. The quantitative estimate of drug-likeness (QED) is 0.642. The molecule has 6 nitrogen and oxygen atoms in total. The number of hydrogen-bond donors (Lipinski definition) is 1. The number of carbonyl (C=O) groups is 2. The molecule has 5 rings (SSSR count). The number of guanidine groups is 1. The van der Waals surface area contributed by atoms with Crippen molar-refractivity contribution in [2.45, 2.75) is 18.4 Å². The maximum absolute atomic E-state index is 14.0. The van der Waals surface area contributed by atoms with Gasteiger partial charge in [0.25, 0.3) is 11.8 Å². The summed E-state index contributed by atoms with van der Waals surface area (Å²) in [6, 6.07) is 28.5. The van der Waals surface area contributed by atoms with Gasteiger partial charge in [-0.15, -0.1) is 0 Å². The molecule has 6 heteroatoms. The van der Waals surface area contributed by atoms with Gasteiger partial charge in [-0.2, -0.15) is 0 Å². The second kappa shape index (κ2) is 9.14. The van der Waals surface area contributed by atoms with Gasteiger partial charge in [0.1, 0.15) is 0 Å². The van der Waals surface area contributed by atoms with Gasteiger partial charge in [-0.1, -0.05) is 78.9 Å². The van der Waals surface area contributed by atoms with Gasteiger partial charge in [-0.05, 0) is 42.0 Å². The smallest absolute Gasteiger partial charge is 0.266 e. The van der Waals surface area contributed by atoms with Crippen molar-refractivity contribution in [1.82, 2.24) is 9.80 Å². The standard InChI is InChI=1S/C28H28N4O2/c29-27-30-28(23-14-6-2-7-15-23,24-16-8-3-9-17-24)26(34)32(27)20-21-11-10-18-31(19-21)25(33)22-12-4-1-5-13-22/h1-9,12-17,21H,10-11,18-20H2,(H2,29,30).